The first-order valence-corrected chi connectivity index (χ1v) is 9.83. The number of nitrogens with one attached hydrogen (secondary N) is 1. The van der Waals surface area contributed by atoms with E-state index in [4.69, 9.17) is 4.74 Å². The van der Waals surface area contributed by atoms with Crippen molar-refractivity contribution >= 4 is 11.6 Å². The molecule has 2 aromatic carbocycles. The van der Waals surface area contributed by atoms with E-state index in [1.807, 2.05) is 0 Å². The molecule has 0 fully saturated rings. The van der Waals surface area contributed by atoms with Crippen molar-refractivity contribution in [2.75, 3.05) is 12.4 Å². The van der Waals surface area contributed by atoms with Crippen LogP contribution < -0.4 is 14.8 Å². The molecule has 0 unspecified atom stereocenters. The predicted octanol–water partition coefficient (Wildman–Crippen LogP) is 4.98. The van der Waals surface area contributed by atoms with Crippen molar-refractivity contribution in [3.05, 3.63) is 84.4 Å². The van der Waals surface area contributed by atoms with Gasteiger partial charge < -0.3 is 14.8 Å². The summed E-state index contributed by atoms with van der Waals surface area (Å²) < 4.78 is 46.3. The maximum atomic E-state index is 12.4. The van der Waals surface area contributed by atoms with E-state index in [-0.39, 0.29) is 17.5 Å². The SMILES string of the molecule is COc1ccc(-c2nc(C#Cc3cccnc3)nc(Nc3ccc(OC(F)(F)F)cc3)n2)cc1. The van der Waals surface area contributed by atoms with Gasteiger partial charge in [-0.1, -0.05) is 5.92 Å². The van der Waals surface area contributed by atoms with Gasteiger partial charge >= 0.3 is 6.36 Å². The van der Waals surface area contributed by atoms with Gasteiger partial charge in [-0.2, -0.15) is 9.97 Å². The Labute approximate surface area is 192 Å². The summed E-state index contributed by atoms with van der Waals surface area (Å²) >= 11 is 0. The predicted molar refractivity (Wildman–Crippen MR) is 118 cm³/mol. The highest BCUT2D eigenvalue weighted by molar-refractivity contribution is 5.61. The fraction of sp³-hybridized carbons (Fsp3) is 0.0833. The van der Waals surface area contributed by atoms with Crippen molar-refractivity contribution in [3.63, 3.8) is 0 Å². The highest BCUT2D eigenvalue weighted by atomic mass is 19.4. The Morgan fingerprint density at radius 2 is 1.59 bits per heavy atom. The molecule has 2 heterocycles. The first-order chi connectivity index (χ1) is 16.4. The lowest BCUT2D eigenvalue weighted by Gasteiger charge is -2.10. The molecular formula is C24H16F3N5O2. The molecule has 0 atom stereocenters. The number of hydrogen-bond donors (Lipinski definition) is 1. The molecule has 0 aliphatic rings. The first-order valence-electron chi connectivity index (χ1n) is 9.83. The zero-order chi connectivity index (χ0) is 24.0. The number of hydrogen-bond acceptors (Lipinski definition) is 7. The minimum Gasteiger partial charge on any atom is -0.497 e. The highest BCUT2D eigenvalue weighted by Gasteiger charge is 2.30. The van der Waals surface area contributed by atoms with Crippen LogP contribution >= 0.6 is 0 Å². The number of aromatic nitrogens is 4. The van der Waals surface area contributed by atoms with Crippen molar-refractivity contribution in [1.82, 2.24) is 19.9 Å². The van der Waals surface area contributed by atoms with E-state index in [1.54, 1.807) is 55.9 Å². The fourth-order valence-corrected chi connectivity index (χ4v) is 2.79. The molecule has 0 aliphatic carbocycles. The molecule has 1 N–H and O–H groups in total. The van der Waals surface area contributed by atoms with Gasteiger partial charge in [0.1, 0.15) is 11.5 Å². The Morgan fingerprint density at radius 3 is 2.24 bits per heavy atom. The van der Waals surface area contributed by atoms with E-state index in [0.717, 1.165) is 0 Å². The van der Waals surface area contributed by atoms with E-state index in [2.05, 4.69) is 41.8 Å². The summed E-state index contributed by atoms with van der Waals surface area (Å²) in [5.74, 6) is 6.89. The highest BCUT2D eigenvalue weighted by Crippen LogP contribution is 2.25. The van der Waals surface area contributed by atoms with Crippen molar-refractivity contribution in [1.29, 1.82) is 0 Å². The standard InChI is InChI=1S/C24H16F3N5O2/c1-33-19-9-5-17(6-10-19)22-30-21(13-4-16-3-2-14-28-15-16)31-23(32-22)29-18-7-11-20(12-8-18)34-24(25,26)27/h2-3,5-12,14-15H,1H3,(H,29,30,31,32). The second kappa shape index (κ2) is 9.87. The van der Waals surface area contributed by atoms with Crippen LogP contribution in [0.15, 0.2) is 73.1 Å². The van der Waals surface area contributed by atoms with Crippen LogP contribution in [0.3, 0.4) is 0 Å². The normalized spacial score (nSPS) is 10.7. The van der Waals surface area contributed by atoms with Crippen LogP contribution in [0.5, 0.6) is 11.5 Å². The van der Waals surface area contributed by atoms with Gasteiger partial charge in [-0.05, 0) is 66.6 Å². The van der Waals surface area contributed by atoms with Gasteiger partial charge in [0.15, 0.2) is 5.82 Å². The Balaban J connectivity index is 1.66. The molecule has 0 amide bonds. The van der Waals surface area contributed by atoms with Crippen molar-refractivity contribution in [3.8, 4) is 34.7 Å². The van der Waals surface area contributed by atoms with Crippen LogP contribution in [0.4, 0.5) is 24.8 Å². The summed E-state index contributed by atoms with van der Waals surface area (Å²) in [6.07, 6.45) is -1.51. The maximum Gasteiger partial charge on any atom is 0.573 e. The number of rotatable bonds is 5. The molecule has 0 saturated heterocycles. The van der Waals surface area contributed by atoms with E-state index < -0.39 is 6.36 Å². The van der Waals surface area contributed by atoms with Gasteiger partial charge in [0.2, 0.25) is 11.8 Å². The van der Waals surface area contributed by atoms with Crippen LogP contribution in [0.2, 0.25) is 0 Å². The monoisotopic (exact) mass is 463 g/mol. The van der Waals surface area contributed by atoms with E-state index >= 15 is 0 Å². The molecule has 0 spiro atoms. The van der Waals surface area contributed by atoms with Crippen molar-refractivity contribution in [2.45, 2.75) is 6.36 Å². The van der Waals surface area contributed by atoms with Crippen molar-refractivity contribution in [2.24, 2.45) is 0 Å². The second-order valence-corrected chi connectivity index (χ2v) is 6.72. The number of anilines is 2. The Hall–Kier alpha value is -4.65. The van der Waals surface area contributed by atoms with E-state index in [0.29, 0.717) is 28.4 Å². The van der Waals surface area contributed by atoms with Crippen LogP contribution in [0.1, 0.15) is 11.4 Å². The number of halogens is 3. The lowest BCUT2D eigenvalue weighted by Crippen LogP contribution is -2.17. The number of alkyl halides is 3. The largest absolute Gasteiger partial charge is 0.573 e. The summed E-state index contributed by atoms with van der Waals surface area (Å²) in [5, 5.41) is 2.96. The molecule has 0 bridgehead atoms. The number of nitrogens with zero attached hydrogens (tertiary/aromatic N) is 4. The summed E-state index contributed by atoms with van der Waals surface area (Å²) in [6, 6.07) is 15.9. The lowest BCUT2D eigenvalue weighted by atomic mass is 10.2. The summed E-state index contributed by atoms with van der Waals surface area (Å²) in [6.45, 7) is 0. The van der Waals surface area contributed by atoms with Gasteiger partial charge in [0.05, 0.1) is 7.11 Å². The van der Waals surface area contributed by atoms with Gasteiger partial charge in [-0.3, -0.25) is 4.98 Å². The minimum absolute atomic E-state index is 0.167. The maximum absolute atomic E-state index is 12.4. The molecule has 10 heteroatoms. The molecular weight excluding hydrogens is 447 g/mol. The first kappa shape index (κ1) is 22.5. The minimum atomic E-state index is -4.77. The molecule has 7 nitrogen and oxygen atoms in total. The number of methoxy groups -OCH3 is 1. The molecule has 2 aromatic heterocycles. The number of pyridine rings is 1. The Bertz CT molecular complexity index is 1320. The summed E-state index contributed by atoms with van der Waals surface area (Å²) in [5.41, 5.74) is 1.83. The van der Waals surface area contributed by atoms with Crippen LogP contribution in [0, 0.1) is 11.8 Å². The van der Waals surface area contributed by atoms with E-state index in [1.165, 1.54) is 24.3 Å². The Kier molecular flexibility index (Phi) is 6.54. The lowest BCUT2D eigenvalue weighted by molar-refractivity contribution is -0.274. The van der Waals surface area contributed by atoms with Crippen LogP contribution in [0.25, 0.3) is 11.4 Å². The van der Waals surface area contributed by atoms with Gasteiger partial charge in [0, 0.05) is 29.2 Å². The summed E-state index contributed by atoms with van der Waals surface area (Å²) in [7, 11) is 1.57. The molecule has 0 aliphatic heterocycles. The zero-order valence-electron chi connectivity index (χ0n) is 17.7. The third-order valence-corrected chi connectivity index (χ3v) is 4.31. The topological polar surface area (TPSA) is 82.1 Å². The fourth-order valence-electron chi connectivity index (χ4n) is 2.79. The van der Waals surface area contributed by atoms with E-state index in [9.17, 15) is 13.2 Å². The average molecular weight is 463 g/mol. The van der Waals surface area contributed by atoms with Gasteiger partial charge in [0.25, 0.3) is 0 Å². The third kappa shape index (κ3) is 6.20. The number of benzene rings is 2. The van der Waals surface area contributed by atoms with Gasteiger partial charge in [-0.25, -0.2) is 4.98 Å². The second-order valence-electron chi connectivity index (χ2n) is 6.72. The zero-order valence-corrected chi connectivity index (χ0v) is 17.7. The molecule has 0 radical (unpaired) electrons. The average Bonchev–Trinajstić information content (AvgIpc) is 2.84. The molecule has 4 aromatic rings. The third-order valence-electron chi connectivity index (χ3n) is 4.31. The van der Waals surface area contributed by atoms with Crippen LogP contribution in [-0.2, 0) is 0 Å². The number of ether oxygens (including phenoxy) is 2. The van der Waals surface area contributed by atoms with Crippen LogP contribution in [-0.4, -0.2) is 33.4 Å². The molecule has 4 rings (SSSR count). The summed E-state index contributed by atoms with van der Waals surface area (Å²) in [4.78, 5) is 17.2. The van der Waals surface area contributed by atoms with Crippen molar-refractivity contribution < 1.29 is 22.6 Å². The smallest absolute Gasteiger partial charge is 0.497 e. The Morgan fingerprint density at radius 1 is 0.853 bits per heavy atom. The molecule has 34 heavy (non-hydrogen) atoms. The quantitative estimate of drug-likeness (QED) is 0.418. The molecule has 0 saturated carbocycles. The molecule has 170 valence electrons. The van der Waals surface area contributed by atoms with Gasteiger partial charge in [-0.15, -0.1) is 13.2 Å².